The van der Waals surface area contributed by atoms with Crippen LogP contribution in [0.1, 0.15) is 35.6 Å². The molecule has 2 aromatic carbocycles. The lowest BCUT2D eigenvalue weighted by atomic mass is 9.88. The minimum atomic E-state index is -3.71. The van der Waals surface area contributed by atoms with Gasteiger partial charge < -0.3 is 0 Å². The van der Waals surface area contributed by atoms with Crippen molar-refractivity contribution in [3.05, 3.63) is 63.1 Å². The number of nitrogens with one attached hydrogen (secondary N) is 1. The Balaban J connectivity index is 1.96. The van der Waals surface area contributed by atoms with Gasteiger partial charge in [0.2, 0.25) is 10.0 Å². The van der Waals surface area contributed by atoms with E-state index >= 15 is 0 Å². The summed E-state index contributed by atoms with van der Waals surface area (Å²) in [6.45, 7) is 1.76. The van der Waals surface area contributed by atoms with Gasteiger partial charge in [-0.25, -0.2) is 13.1 Å². The summed E-state index contributed by atoms with van der Waals surface area (Å²) in [5.74, 6) is 0. The van der Waals surface area contributed by atoms with Gasteiger partial charge in [-0.3, -0.25) is 0 Å². The van der Waals surface area contributed by atoms with Crippen molar-refractivity contribution in [1.82, 2.24) is 4.72 Å². The van der Waals surface area contributed by atoms with Gasteiger partial charge in [0.05, 0.1) is 5.02 Å². The standard InChI is InChI=1S/C17H17Cl2NO2S/c1-11-9-17(15(19)10-14(11)18)23(21,22)20-16-8-4-6-12-5-2-3-7-13(12)16/h2-3,5,7,9-10,16,20H,4,6,8H2,1H3. The Bertz CT molecular complexity index is 850. The summed E-state index contributed by atoms with van der Waals surface area (Å²) in [5, 5.41) is 0.592. The number of rotatable bonds is 3. The van der Waals surface area contributed by atoms with Gasteiger partial charge in [-0.15, -0.1) is 0 Å². The summed E-state index contributed by atoms with van der Waals surface area (Å²) >= 11 is 12.1. The lowest BCUT2D eigenvalue weighted by Gasteiger charge is -2.26. The van der Waals surface area contributed by atoms with Crippen molar-refractivity contribution in [2.45, 2.75) is 37.1 Å². The van der Waals surface area contributed by atoms with Gasteiger partial charge in [-0.1, -0.05) is 47.5 Å². The fraction of sp³-hybridized carbons (Fsp3) is 0.294. The molecular weight excluding hydrogens is 353 g/mol. The van der Waals surface area contributed by atoms with E-state index in [4.69, 9.17) is 23.2 Å². The molecule has 1 aliphatic carbocycles. The second kappa shape index (κ2) is 6.44. The van der Waals surface area contributed by atoms with Crippen LogP contribution in [0.4, 0.5) is 0 Å². The number of halogens is 2. The number of hydrogen-bond acceptors (Lipinski definition) is 2. The molecule has 0 aromatic heterocycles. The second-order valence-corrected chi connectivity index (χ2v) is 8.29. The number of fused-ring (bicyclic) bond motifs is 1. The topological polar surface area (TPSA) is 46.2 Å². The predicted octanol–water partition coefficient (Wildman–Crippen LogP) is 4.66. The van der Waals surface area contributed by atoms with E-state index in [1.165, 1.54) is 17.7 Å². The first kappa shape index (κ1) is 16.8. The normalized spacial score (nSPS) is 17.8. The molecule has 0 bridgehead atoms. The minimum absolute atomic E-state index is 0.0733. The maximum Gasteiger partial charge on any atom is 0.242 e. The summed E-state index contributed by atoms with van der Waals surface area (Å²) in [5.41, 5.74) is 2.93. The summed E-state index contributed by atoms with van der Waals surface area (Å²) in [4.78, 5) is 0.0733. The van der Waals surface area contributed by atoms with Crippen molar-refractivity contribution in [2.24, 2.45) is 0 Å². The van der Waals surface area contributed by atoms with E-state index in [0.717, 1.165) is 24.8 Å². The first-order valence-electron chi connectivity index (χ1n) is 7.44. The molecule has 6 heteroatoms. The molecular formula is C17H17Cl2NO2S. The quantitative estimate of drug-likeness (QED) is 0.854. The average Bonchev–Trinajstić information content (AvgIpc) is 2.51. The Morgan fingerprint density at radius 3 is 2.65 bits per heavy atom. The van der Waals surface area contributed by atoms with Crippen LogP contribution in [0.25, 0.3) is 0 Å². The Morgan fingerprint density at radius 1 is 1.13 bits per heavy atom. The van der Waals surface area contributed by atoms with Crippen LogP contribution in [0.5, 0.6) is 0 Å². The molecule has 122 valence electrons. The van der Waals surface area contributed by atoms with E-state index in [-0.39, 0.29) is 16.0 Å². The SMILES string of the molecule is Cc1cc(S(=O)(=O)NC2CCCc3ccccc32)c(Cl)cc1Cl. The highest BCUT2D eigenvalue weighted by Gasteiger charge is 2.27. The lowest BCUT2D eigenvalue weighted by Crippen LogP contribution is -2.31. The molecule has 3 nitrogen and oxygen atoms in total. The van der Waals surface area contributed by atoms with Gasteiger partial charge in [-0.2, -0.15) is 0 Å². The van der Waals surface area contributed by atoms with Crippen molar-refractivity contribution in [2.75, 3.05) is 0 Å². The van der Waals surface area contributed by atoms with Crippen molar-refractivity contribution in [3.8, 4) is 0 Å². The highest BCUT2D eigenvalue weighted by molar-refractivity contribution is 7.89. The summed E-state index contributed by atoms with van der Waals surface area (Å²) < 4.78 is 28.3. The van der Waals surface area contributed by atoms with E-state index in [9.17, 15) is 8.42 Å². The number of benzene rings is 2. The smallest absolute Gasteiger partial charge is 0.207 e. The predicted molar refractivity (Wildman–Crippen MR) is 93.6 cm³/mol. The van der Waals surface area contributed by atoms with Gasteiger partial charge in [0.15, 0.2) is 0 Å². The molecule has 0 fully saturated rings. The third kappa shape index (κ3) is 3.41. The summed E-state index contributed by atoms with van der Waals surface area (Å²) in [7, 11) is -3.71. The van der Waals surface area contributed by atoms with Crippen molar-refractivity contribution in [3.63, 3.8) is 0 Å². The molecule has 0 saturated heterocycles. The van der Waals surface area contributed by atoms with Crippen LogP contribution in [-0.4, -0.2) is 8.42 Å². The van der Waals surface area contributed by atoms with Crippen molar-refractivity contribution >= 4 is 33.2 Å². The van der Waals surface area contributed by atoms with E-state index in [2.05, 4.69) is 10.8 Å². The van der Waals surface area contributed by atoms with Gasteiger partial charge in [-0.05, 0) is 55.0 Å². The molecule has 0 aliphatic heterocycles. The van der Waals surface area contributed by atoms with Crippen molar-refractivity contribution in [1.29, 1.82) is 0 Å². The van der Waals surface area contributed by atoms with Gasteiger partial charge in [0.1, 0.15) is 4.90 Å². The zero-order valence-corrected chi connectivity index (χ0v) is 15.0. The molecule has 23 heavy (non-hydrogen) atoms. The Morgan fingerprint density at radius 2 is 1.87 bits per heavy atom. The fourth-order valence-electron chi connectivity index (χ4n) is 2.96. The highest BCUT2D eigenvalue weighted by atomic mass is 35.5. The molecule has 0 saturated carbocycles. The van der Waals surface area contributed by atoms with E-state index in [1.54, 1.807) is 6.92 Å². The first-order chi connectivity index (χ1) is 10.9. The van der Waals surface area contributed by atoms with E-state index in [0.29, 0.717) is 10.6 Å². The summed E-state index contributed by atoms with van der Waals surface area (Å²) in [6.07, 6.45) is 2.72. The Labute approximate surface area is 146 Å². The zero-order chi connectivity index (χ0) is 16.6. The molecule has 1 atom stereocenters. The minimum Gasteiger partial charge on any atom is -0.207 e. The average molecular weight is 370 g/mol. The zero-order valence-electron chi connectivity index (χ0n) is 12.6. The molecule has 2 aromatic rings. The maximum absolute atomic E-state index is 12.8. The molecule has 0 heterocycles. The highest BCUT2D eigenvalue weighted by Crippen LogP contribution is 2.33. The first-order valence-corrected chi connectivity index (χ1v) is 9.68. The second-order valence-electron chi connectivity index (χ2n) is 5.80. The van der Waals surface area contributed by atoms with Crippen LogP contribution < -0.4 is 4.72 Å². The van der Waals surface area contributed by atoms with Gasteiger partial charge in [0, 0.05) is 11.1 Å². The third-order valence-electron chi connectivity index (χ3n) is 4.17. The molecule has 1 N–H and O–H groups in total. The number of aryl methyl sites for hydroxylation is 2. The molecule has 0 spiro atoms. The van der Waals surface area contributed by atoms with E-state index in [1.807, 2.05) is 18.2 Å². The third-order valence-corrected chi connectivity index (χ3v) is 6.51. The van der Waals surface area contributed by atoms with Crippen LogP contribution in [-0.2, 0) is 16.4 Å². The van der Waals surface area contributed by atoms with Crippen LogP contribution in [0, 0.1) is 6.92 Å². The number of sulfonamides is 1. The summed E-state index contributed by atoms with van der Waals surface area (Å²) in [6, 6.07) is 10.7. The molecule has 0 radical (unpaired) electrons. The van der Waals surface area contributed by atoms with Crippen LogP contribution in [0.2, 0.25) is 10.0 Å². The molecule has 1 unspecified atom stereocenters. The number of hydrogen-bond donors (Lipinski definition) is 1. The molecule has 0 amide bonds. The monoisotopic (exact) mass is 369 g/mol. The largest absolute Gasteiger partial charge is 0.242 e. The Kier molecular flexibility index (Phi) is 4.70. The van der Waals surface area contributed by atoms with Gasteiger partial charge >= 0.3 is 0 Å². The maximum atomic E-state index is 12.8. The Hall–Kier alpha value is -1.07. The lowest BCUT2D eigenvalue weighted by molar-refractivity contribution is 0.507. The molecule has 3 rings (SSSR count). The van der Waals surface area contributed by atoms with Gasteiger partial charge in [0.25, 0.3) is 0 Å². The molecule has 1 aliphatic rings. The van der Waals surface area contributed by atoms with Crippen LogP contribution >= 0.6 is 23.2 Å². The van der Waals surface area contributed by atoms with Crippen LogP contribution in [0.15, 0.2) is 41.3 Å². The van der Waals surface area contributed by atoms with Crippen LogP contribution in [0.3, 0.4) is 0 Å². The van der Waals surface area contributed by atoms with Crippen molar-refractivity contribution < 1.29 is 8.42 Å². The van der Waals surface area contributed by atoms with E-state index < -0.39 is 10.0 Å². The fourth-order valence-corrected chi connectivity index (χ4v) is 5.05.